The normalized spacial score (nSPS) is 12.9. The van der Waals surface area contributed by atoms with Crippen LogP contribution in [0.1, 0.15) is 11.1 Å². The van der Waals surface area contributed by atoms with E-state index in [0.29, 0.717) is 5.56 Å². The number of thioether (sulfide) groups is 1. The molecule has 2 atom stereocenters. The predicted molar refractivity (Wildman–Crippen MR) is 130 cm³/mol. The van der Waals surface area contributed by atoms with Crippen molar-refractivity contribution in [1.29, 1.82) is 0 Å². The number of methoxy groups -OCH3 is 2. The average molecular weight is 525 g/mol. The van der Waals surface area contributed by atoms with Gasteiger partial charge in [-0.3, -0.25) is 9.59 Å². The highest BCUT2D eigenvalue weighted by molar-refractivity contribution is 8.00. The summed E-state index contributed by atoms with van der Waals surface area (Å²) in [7, 11) is -1.70. The molecule has 0 saturated carbocycles. The monoisotopic (exact) mass is 524 g/mol. The van der Waals surface area contributed by atoms with E-state index < -0.39 is 40.0 Å². The first-order valence-electron chi connectivity index (χ1n) is 10.5. The second kappa shape index (κ2) is 13.1. The van der Waals surface area contributed by atoms with Crippen LogP contribution < -0.4 is 10.0 Å². The molecule has 35 heavy (non-hydrogen) atoms. The lowest BCUT2D eigenvalue weighted by atomic mass is 10.1. The maximum atomic E-state index is 13.2. The van der Waals surface area contributed by atoms with Crippen LogP contribution in [0.15, 0.2) is 53.4 Å². The summed E-state index contributed by atoms with van der Waals surface area (Å²) >= 11 is 1.05. The number of aromatic hydroxyl groups is 1. The maximum absolute atomic E-state index is 13.2. The molecule has 2 aromatic carbocycles. The molecule has 0 fully saturated rings. The quantitative estimate of drug-likeness (QED) is 0.348. The fourth-order valence-corrected chi connectivity index (χ4v) is 4.98. The Morgan fingerprint density at radius 1 is 0.971 bits per heavy atom. The Kier molecular flexibility index (Phi) is 10.6. The number of ether oxygens (including phenoxy) is 2. The molecule has 2 unspecified atom stereocenters. The van der Waals surface area contributed by atoms with Gasteiger partial charge in [-0.1, -0.05) is 29.8 Å². The smallest absolute Gasteiger partial charge is 0.329 e. The number of carbonyl (C=O) groups excluding carboxylic acids is 3. The number of phenolic OH excluding ortho intramolecular Hbond substituents is 1. The first-order valence-corrected chi connectivity index (χ1v) is 13.1. The number of carbonyl (C=O) groups is 3. The molecule has 0 aliphatic heterocycles. The van der Waals surface area contributed by atoms with Gasteiger partial charge in [-0.15, -0.1) is 11.8 Å². The van der Waals surface area contributed by atoms with Gasteiger partial charge in [0.25, 0.3) is 0 Å². The zero-order valence-corrected chi connectivity index (χ0v) is 21.1. The standard InChI is InChI=1S/C23H28N2O8S2/c1-15-4-10-18(11-5-15)35(30,31)25-19(12-16-6-8-17(26)9-7-16)22(28)24-20(23(29)33-3)13-34-14-21(27)32-2/h4-11,19-20,25-26H,12-14H2,1-3H3,(H,24,28). The molecular formula is C23H28N2O8S2. The molecule has 0 saturated heterocycles. The number of rotatable bonds is 12. The van der Waals surface area contributed by atoms with Crippen molar-refractivity contribution in [2.75, 3.05) is 25.7 Å². The van der Waals surface area contributed by atoms with Crippen LogP contribution in [-0.2, 0) is 40.3 Å². The average Bonchev–Trinajstić information content (AvgIpc) is 2.83. The van der Waals surface area contributed by atoms with Gasteiger partial charge in [-0.25, -0.2) is 13.2 Å². The number of sulfonamides is 1. The second-order valence-corrected chi connectivity index (χ2v) is 10.3. The van der Waals surface area contributed by atoms with E-state index in [4.69, 9.17) is 4.74 Å². The summed E-state index contributed by atoms with van der Waals surface area (Å²) in [6.07, 6.45) is -0.0552. The van der Waals surface area contributed by atoms with Crippen molar-refractivity contribution in [2.24, 2.45) is 0 Å². The molecule has 0 aliphatic carbocycles. The number of aryl methyl sites for hydroxylation is 1. The molecule has 2 aromatic rings. The number of amides is 1. The van der Waals surface area contributed by atoms with Crippen molar-refractivity contribution in [3.63, 3.8) is 0 Å². The van der Waals surface area contributed by atoms with Crippen LogP contribution in [0.5, 0.6) is 5.75 Å². The lowest BCUT2D eigenvalue weighted by Gasteiger charge is -2.22. The Morgan fingerprint density at radius 2 is 1.60 bits per heavy atom. The van der Waals surface area contributed by atoms with Gasteiger partial charge < -0.3 is 19.9 Å². The van der Waals surface area contributed by atoms with E-state index >= 15 is 0 Å². The number of hydrogen-bond donors (Lipinski definition) is 3. The molecule has 0 spiro atoms. The van der Waals surface area contributed by atoms with E-state index in [9.17, 15) is 27.9 Å². The highest BCUT2D eigenvalue weighted by Gasteiger charge is 2.30. The summed E-state index contributed by atoms with van der Waals surface area (Å²) in [6.45, 7) is 1.82. The van der Waals surface area contributed by atoms with Crippen LogP contribution in [0.2, 0.25) is 0 Å². The number of benzene rings is 2. The van der Waals surface area contributed by atoms with Crippen LogP contribution >= 0.6 is 11.8 Å². The first-order chi connectivity index (χ1) is 16.6. The number of nitrogens with one attached hydrogen (secondary N) is 2. The molecule has 190 valence electrons. The van der Waals surface area contributed by atoms with Gasteiger partial charge in [-0.2, -0.15) is 4.72 Å². The van der Waals surface area contributed by atoms with Crippen molar-refractivity contribution < 1.29 is 37.4 Å². The van der Waals surface area contributed by atoms with Gasteiger partial charge in [0.1, 0.15) is 17.8 Å². The third-order valence-corrected chi connectivity index (χ3v) is 7.35. The number of esters is 2. The molecule has 0 aromatic heterocycles. The van der Waals surface area contributed by atoms with Crippen molar-refractivity contribution >= 4 is 39.6 Å². The van der Waals surface area contributed by atoms with E-state index in [2.05, 4.69) is 14.8 Å². The molecule has 0 radical (unpaired) electrons. The van der Waals surface area contributed by atoms with Crippen molar-refractivity contribution in [3.8, 4) is 5.75 Å². The van der Waals surface area contributed by atoms with Gasteiger partial charge in [0.15, 0.2) is 0 Å². The third kappa shape index (κ3) is 8.89. The fourth-order valence-electron chi connectivity index (χ4n) is 2.93. The van der Waals surface area contributed by atoms with Gasteiger partial charge in [0.2, 0.25) is 15.9 Å². The van der Waals surface area contributed by atoms with Crippen LogP contribution in [0.25, 0.3) is 0 Å². The lowest BCUT2D eigenvalue weighted by molar-refractivity contribution is -0.144. The zero-order valence-electron chi connectivity index (χ0n) is 19.5. The van der Waals surface area contributed by atoms with Crippen LogP contribution in [0.4, 0.5) is 0 Å². The van der Waals surface area contributed by atoms with E-state index in [1.165, 1.54) is 31.4 Å². The largest absolute Gasteiger partial charge is 0.508 e. The summed E-state index contributed by atoms with van der Waals surface area (Å²) in [5.41, 5.74) is 1.44. The Balaban J connectivity index is 2.26. The second-order valence-electron chi connectivity index (χ2n) is 7.53. The summed E-state index contributed by atoms with van der Waals surface area (Å²) in [4.78, 5) is 36.7. The molecule has 2 rings (SSSR count). The summed E-state index contributed by atoms with van der Waals surface area (Å²) in [5, 5.41) is 12.0. The molecule has 12 heteroatoms. The fraction of sp³-hybridized carbons (Fsp3) is 0.348. The molecular weight excluding hydrogens is 496 g/mol. The topological polar surface area (TPSA) is 148 Å². The Morgan fingerprint density at radius 3 is 2.17 bits per heavy atom. The minimum absolute atomic E-state index is 0.00412. The lowest BCUT2D eigenvalue weighted by Crippen LogP contribution is -2.53. The molecule has 10 nitrogen and oxygen atoms in total. The van der Waals surface area contributed by atoms with Crippen LogP contribution in [-0.4, -0.2) is 69.2 Å². The Hall–Kier alpha value is -3.09. The first kappa shape index (κ1) is 28.1. The highest BCUT2D eigenvalue weighted by Crippen LogP contribution is 2.15. The van der Waals surface area contributed by atoms with Gasteiger partial charge >= 0.3 is 11.9 Å². The SMILES string of the molecule is COC(=O)CSCC(NC(=O)C(Cc1ccc(O)cc1)NS(=O)(=O)c1ccc(C)cc1)C(=O)OC. The van der Waals surface area contributed by atoms with Gasteiger partial charge in [-0.05, 0) is 43.2 Å². The third-order valence-electron chi connectivity index (χ3n) is 4.86. The summed E-state index contributed by atoms with van der Waals surface area (Å²) in [6, 6.07) is 9.64. The maximum Gasteiger partial charge on any atom is 0.329 e. The van der Waals surface area contributed by atoms with E-state index in [0.717, 1.165) is 24.4 Å². The van der Waals surface area contributed by atoms with E-state index in [1.807, 2.05) is 6.92 Å². The minimum atomic E-state index is -4.09. The van der Waals surface area contributed by atoms with Crippen LogP contribution in [0.3, 0.4) is 0 Å². The van der Waals surface area contributed by atoms with Crippen LogP contribution in [0, 0.1) is 6.92 Å². The summed E-state index contributed by atoms with van der Waals surface area (Å²) in [5.74, 6) is -2.03. The van der Waals surface area contributed by atoms with Crippen molar-refractivity contribution in [3.05, 3.63) is 59.7 Å². The van der Waals surface area contributed by atoms with Crippen molar-refractivity contribution in [2.45, 2.75) is 30.3 Å². The minimum Gasteiger partial charge on any atom is -0.508 e. The number of hydrogen-bond acceptors (Lipinski definition) is 9. The highest BCUT2D eigenvalue weighted by atomic mass is 32.2. The van der Waals surface area contributed by atoms with Gasteiger partial charge in [0.05, 0.1) is 24.9 Å². The Bertz CT molecular complexity index is 1120. The molecule has 0 aliphatic rings. The Labute approximate surface area is 208 Å². The molecule has 1 amide bonds. The van der Waals surface area contributed by atoms with Gasteiger partial charge in [0, 0.05) is 5.75 Å². The van der Waals surface area contributed by atoms with E-state index in [1.54, 1.807) is 24.3 Å². The predicted octanol–water partition coefficient (Wildman–Crippen LogP) is 1.15. The molecule has 0 heterocycles. The number of phenols is 1. The molecule has 0 bridgehead atoms. The van der Waals surface area contributed by atoms with Crippen molar-refractivity contribution in [1.82, 2.24) is 10.0 Å². The zero-order chi connectivity index (χ0) is 26.0. The van der Waals surface area contributed by atoms with E-state index in [-0.39, 0.29) is 28.6 Å². The summed E-state index contributed by atoms with van der Waals surface area (Å²) < 4.78 is 37.7. The molecule has 3 N–H and O–H groups in total.